The second-order valence-electron chi connectivity index (χ2n) is 5.21. The predicted octanol–water partition coefficient (Wildman–Crippen LogP) is 3.01. The van der Waals surface area contributed by atoms with Gasteiger partial charge in [0.25, 0.3) is 0 Å². The van der Waals surface area contributed by atoms with Crippen LogP contribution in [0.25, 0.3) is 0 Å². The largest absolute Gasteiger partial charge is 0.363 e. The number of aromatic nitrogens is 1. The minimum Gasteiger partial charge on any atom is -0.363 e. The second-order valence-corrected chi connectivity index (χ2v) is 5.21. The first-order valence-electron chi connectivity index (χ1n) is 7.82. The van der Waals surface area contributed by atoms with E-state index in [1.54, 1.807) is 0 Å². The zero-order valence-corrected chi connectivity index (χ0v) is 16.6. The molecule has 0 amide bonds. The molecule has 0 aromatic carbocycles. The molecule has 1 aromatic rings. The van der Waals surface area contributed by atoms with Gasteiger partial charge in [-0.25, -0.2) is 9.98 Å². The van der Waals surface area contributed by atoms with Gasteiger partial charge in [0.1, 0.15) is 5.82 Å². The lowest BCUT2D eigenvalue weighted by atomic mass is 10.2. The van der Waals surface area contributed by atoms with Gasteiger partial charge in [0, 0.05) is 27.2 Å². The Hall–Kier alpha value is -1.05. The Morgan fingerprint density at radius 2 is 1.95 bits per heavy atom. The van der Waals surface area contributed by atoms with Crippen molar-refractivity contribution in [1.82, 2.24) is 15.6 Å². The molecule has 1 heterocycles. The lowest BCUT2D eigenvalue weighted by Gasteiger charge is -2.13. The van der Waals surface area contributed by atoms with Gasteiger partial charge in [-0.05, 0) is 25.5 Å². The summed E-state index contributed by atoms with van der Waals surface area (Å²) in [6, 6.07) is 6.04. The molecule has 0 fully saturated rings. The lowest BCUT2D eigenvalue weighted by molar-refractivity contribution is 0.683. The summed E-state index contributed by atoms with van der Waals surface area (Å²) in [7, 11) is 3.99. The molecular weight excluding hydrogens is 389 g/mol. The van der Waals surface area contributed by atoms with E-state index in [-0.39, 0.29) is 24.0 Å². The summed E-state index contributed by atoms with van der Waals surface area (Å²) in [4.78, 5) is 11.2. The van der Waals surface area contributed by atoms with E-state index >= 15 is 0 Å². The zero-order valence-electron chi connectivity index (χ0n) is 14.2. The minimum atomic E-state index is 0. The van der Waals surface area contributed by atoms with Gasteiger partial charge in [-0.3, -0.25) is 0 Å². The lowest BCUT2D eigenvalue weighted by Crippen LogP contribution is -2.37. The Morgan fingerprint density at radius 1 is 1.18 bits per heavy atom. The van der Waals surface area contributed by atoms with Gasteiger partial charge in [0.15, 0.2) is 5.96 Å². The van der Waals surface area contributed by atoms with Crippen LogP contribution in [0.5, 0.6) is 0 Å². The number of halogens is 1. The van der Waals surface area contributed by atoms with Crippen molar-refractivity contribution in [2.75, 3.05) is 32.1 Å². The van der Waals surface area contributed by atoms with Crippen molar-refractivity contribution >= 4 is 35.8 Å². The Labute approximate surface area is 152 Å². The van der Waals surface area contributed by atoms with Gasteiger partial charge in [-0.15, -0.1) is 24.0 Å². The molecule has 0 saturated carbocycles. The maximum Gasteiger partial charge on any atom is 0.191 e. The van der Waals surface area contributed by atoms with E-state index < -0.39 is 0 Å². The van der Waals surface area contributed by atoms with Crippen LogP contribution in [0.15, 0.2) is 23.2 Å². The molecule has 6 heteroatoms. The summed E-state index contributed by atoms with van der Waals surface area (Å²) in [5.74, 6) is 1.83. The fraction of sp³-hybridized carbons (Fsp3) is 0.625. The van der Waals surface area contributed by atoms with Gasteiger partial charge < -0.3 is 15.5 Å². The molecule has 5 nitrogen and oxygen atoms in total. The smallest absolute Gasteiger partial charge is 0.191 e. The Morgan fingerprint density at radius 3 is 2.59 bits per heavy atom. The van der Waals surface area contributed by atoms with Crippen LogP contribution < -0.4 is 15.5 Å². The highest BCUT2D eigenvalue weighted by Crippen LogP contribution is 2.08. The molecule has 0 aliphatic rings. The number of guanidine groups is 1. The zero-order chi connectivity index (χ0) is 15.5. The van der Waals surface area contributed by atoms with Gasteiger partial charge in [0.2, 0.25) is 0 Å². The van der Waals surface area contributed by atoms with Crippen molar-refractivity contribution in [2.45, 2.75) is 39.7 Å². The van der Waals surface area contributed by atoms with Crippen molar-refractivity contribution in [1.29, 1.82) is 0 Å². The minimum absolute atomic E-state index is 0. The monoisotopic (exact) mass is 419 g/mol. The standard InChI is InChI=1S/C16H29N5.HI/c1-5-7-8-12-18-16(17-6-2)19-13-14-10-9-11-15(20-14)21(3)4;/h9-11H,5-8,12-13H2,1-4H3,(H2,17,18,19);1H. The first kappa shape index (κ1) is 20.9. The van der Waals surface area contributed by atoms with Gasteiger partial charge >= 0.3 is 0 Å². The molecule has 1 rings (SSSR count). The highest BCUT2D eigenvalue weighted by Gasteiger charge is 2.00. The van der Waals surface area contributed by atoms with E-state index in [0.717, 1.165) is 30.6 Å². The van der Waals surface area contributed by atoms with Crippen molar-refractivity contribution in [3.63, 3.8) is 0 Å². The van der Waals surface area contributed by atoms with Crippen LogP contribution in [-0.2, 0) is 6.54 Å². The van der Waals surface area contributed by atoms with E-state index in [9.17, 15) is 0 Å². The fourth-order valence-electron chi connectivity index (χ4n) is 1.89. The summed E-state index contributed by atoms with van der Waals surface area (Å²) in [5, 5.41) is 6.63. The third-order valence-corrected chi connectivity index (χ3v) is 3.07. The van der Waals surface area contributed by atoms with Crippen LogP contribution in [0, 0.1) is 0 Å². The molecular formula is C16H30IN5. The molecule has 0 aliphatic heterocycles. The molecule has 0 bridgehead atoms. The van der Waals surface area contributed by atoms with Gasteiger partial charge in [-0.2, -0.15) is 0 Å². The number of pyridine rings is 1. The molecule has 2 N–H and O–H groups in total. The number of aliphatic imine (C=N–C) groups is 1. The molecule has 22 heavy (non-hydrogen) atoms. The maximum absolute atomic E-state index is 4.60. The van der Waals surface area contributed by atoms with Crippen LogP contribution in [0.2, 0.25) is 0 Å². The number of unbranched alkanes of at least 4 members (excludes halogenated alkanes) is 2. The van der Waals surface area contributed by atoms with Crippen molar-refractivity contribution in [2.24, 2.45) is 4.99 Å². The first-order valence-corrected chi connectivity index (χ1v) is 7.82. The van der Waals surface area contributed by atoms with Crippen LogP contribution in [0.3, 0.4) is 0 Å². The topological polar surface area (TPSA) is 52.6 Å². The molecule has 126 valence electrons. The number of nitrogens with one attached hydrogen (secondary N) is 2. The number of hydrogen-bond donors (Lipinski definition) is 2. The molecule has 0 saturated heterocycles. The van der Waals surface area contributed by atoms with E-state index in [1.165, 1.54) is 19.3 Å². The summed E-state index contributed by atoms with van der Waals surface area (Å²) in [5.41, 5.74) is 0.979. The SMILES string of the molecule is CCCCCNC(=NCc1cccc(N(C)C)n1)NCC.I. The quantitative estimate of drug-likeness (QED) is 0.295. The van der Waals surface area contributed by atoms with E-state index in [0.29, 0.717) is 6.54 Å². The van der Waals surface area contributed by atoms with Crippen LogP contribution in [0.4, 0.5) is 5.82 Å². The fourth-order valence-corrected chi connectivity index (χ4v) is 1.89. The third kappa shape index (κ3) is 8.41. The highest BCUT2D eigenvalue weighted by molar-refractivity contribution is 14.0. The van der Waals surface area contributed by atoms with Crippen LogP contribution >= 0.6 is 24.0 Å². The summed E-state index contributed by atoms with van der Waals surface area (Å²) in [6.07, 6.45) is 3.66. The van der Waals surface area contributed by atoms with Gasteiger partial charge in [0.05, 0.1) is 12.2 Å². The molecule has 1 aromatic heterocycles. The second kappa shape index (κ2) is 12.5. The Balaban J connectivity index is 0.00000441. The number of rotatable bonds is 8. The molecule has 0 unspecified atom stereocenters. The maximum atomic E-state index is 4.60. The molecule has 0 radical (unpaired) electrons. The molecule has 0 spiro atoms. The summed E-state index contributed by atoms with van der Waals surface area (Å²) < 4.78 is 0. The van der Waals surface area contributed by atoms with Crippen molar-refractivity contribution in [3.05, 3.63) is 23.9 Å². The normalized spacial score (nSPS) is 10.8. The Bertz CT molecular complexity index is 434. The highest BCUT2D eigenvalue weighted by atomic mass is 127. The molecule has 0 aliphatic carbocycles. The predicted molar refractivity (Wildman–Crippen MR) is 106 cm³/mol. The number of hydrogen-bond acceptors (Lipinski definition) is 3. The third-order valence-electron chi connectivity index (χ3n) is 3.07. The van der Waals surface area contributed by atoms with Crippen molar-refractivity contribution in [3.8, 4) is 0 Å². The summed E-state index contributed by atoms with van der Waals surface area (Å²) >= 11 is 0. The summed E-state index contributed by atoms with van der Waals surface area (Å²) in [6.45, 7) is 6.71. The number of anilines is 1. The van der Waals surface area contributed by atoms with Gasteiger partial charge in [-0.1, -0.05) is 25.8 Å². The first-order chi connectivity index (χ1) is 10.2. The van der Waals surface area contributed by atoms with Crippen molar-refractivity contribution < 1.29 is 0 Å². The van der Waals surface area contributed by atoms with Crippen LogP contribution in [0.1, 0.15) is 38.8 Å². The van der Waals surface area contributed by atoms with E-state index in [4.69, 9.17) is 0 Å². The Kier molecular flexibility index (Phi) is 11.9. The average molecular weight is 419 g/mol. The van der Waals surface area contributed by atoms with Crippen LogP contribution in [-0.4, -0.2) is 38.1 Å². The molecule has 0 atom stereocenters. The van der Waals surface area contributed by atoms with E-state index in [2.05, 4.69) is 34.5 Å². The average Bonchev–Trinajstić information content (AvgIpc) is 2.49. The van der Waals surface area contributed by atoms with E-state index in [1.807, 2.05) is 37.2 Å². The number of nitrogens with zero attached hydrogens (tertiary/aromatic N) is 3.